The Morgan fingerprint density at radius 3 is 2.53 bits per heavy atom. The number of rotatable bonds is 3. The topological polar surface area (TPSA) is 90.0 Å². The Morgan fingerprint density at radius 2 is 1.95 bits per heavy atom. The van der Waals surface area contributed by atoms with Gasteiger partial charge in [0.15, 0.2) is 0 Å². The van der Waals surface area contributed by atoms with Crippen molar-refractivity contribution in [1.82, 2.24) is 15.1 Å². The molecule has 0 aromatic heterocycles. The van der Waals surface area contributed by atoms with E-state index in [-0.39, 0.29) is 30.8 Å². The summed E-state index contributed by atoms with van der Waals surface area (Å²) in [6.07, 6.45) is 1.03. The van der Waals surface area contributed by atoms with Crippen molar-refractivity contribution in [2.24, 2.45) is 5.92 Å². The second-order valence-corrected chi connectivity index (χ2v) is 5.05. The first-order valence-corrected chi connectivity index (χ1v) is 6.56. The van der Waals surface area contributed by atoms with Crippen molar-refractivity contribution < 1.29 is 19.5 Å². The zero-order chi connectivity index (χ0) is 13.8. The van der Waals surface area contributed by atoms with E-state index in [0.29, 0.717) is 39.0 Å². The number of hydrogen-bond donors (Lipinski definition) is 2. The standard InChI is InChI=1S/C12H19N3O4/c16-10-7-14(6-3-13-10)8-11(17)15-4-1-9(2-5-15)12(18)19/h9H,1-8H2,(H,13,16)(H,18,19). The highest BCUT2D eigenvalue weighted by atomic mass is 16.4. The summed E-state index contributed by atoms with van der Waals surface area (Å²) in [7, 11) is 0. The van der Waals surface area contributed by atoms with Crippen LogP contribution in [0.3, 0.4) is 0 Å². The number of hydrogen-bond acceptors (Lipinski definition) is 4. The number of piperazine rings is 1. The highest BCUT2D eigenvalue weighted by Gasteiger charge is 2.28. The summed E-state index contributed by atoms with van der Waals surface area (Å²) in [4.78, 5) is 37.6. The number of nitrogens with one attached hydrogen (secondary N) is 1. The summed E-state index contributed by atoms with van der Waals surface area (Å²) < 4.78 is 0. The van der Waals surface area contributed by atoms with E-state index in [2.05, 4.69) is 5.32 Å². The van der Waals surface area contributed by atoms with Crippen molar-refractivity contribution in [3.8, 4) is 0 Å². The fourth-order valence-electron chi connectivity index (χ4n) is 2.49. The summed E-state index contributed by atoms with van der Waals surface area (Å²) in [5.41, 5.74) is 0. The Morgan fingerprint density at radius 1 is 1.26 bits per heavy atom. The summed E-state index contributed by atoms with van der Waals surface area (Å²) >= 11 is 0. The van der Waals surface area contributed by atoms with Crippen LogP contribution < -0.4 is 5.32 Å². The molecule has 106 valence electrons. The average molecular weight is 269 g/mol. The smallest absolute Gasteiger partial charge is 0.306 e. The number of carboxylic acids is 1. The lowest BCUT2D eigenvalue weighted by Crippen LogP contribution is -2.52. The van der Waals surface area contributed by atoms with Gasteiger partial charge in [-0.05, 0) is 12.8 Å². The molecular weight excluding hydrogens is 250 g/mol. The van der Waals surface area contributed by atoms with Crippen LogP contribution >= 0.6 is 0 Å². The van der Waals surface area contributed by atoms with Gasteiger partial charge in [0.2, 0.25) is 11.8 Å². The van der Waals surface area contributed by atoms with Crippen molar-refractivity contribution in [3.05, 3.63) is 0 Å². The summed E-state index contributed by atoms with van der Waals surface area (Å²) in [6, 6.07) is 0. The van der Waals surface area contributed by atoms with Crippen LogP contribution in [0.4, 0.5) is 0 Å². The summed E-state index contributed by atoms with van der Waals surface area (Å²) in [5.74, 6) is -1.17. The molecule has 0 radical (unpaired) electrons. The molecule has 0 atom stereocenters. The second-order valence-electron chi connectivity index (χ2n) is 5.05. The van der Waals surface area contributed by atoms with E-state index in [4.69, 9.17) is 5.11 Å². The van der Waals surface area contributed by atoms with Crippen LogP contribution in [0, 0.1) is 5.92 Å². The van der Waals surface area contributed by atoms with Gasteiger partial charge in [-0.15, -0.1) is 0 Å². The van der Waals surface area contributed by atoms with E-state index in [1.54, 1.807) is 4.90 Å². The first-order chi connectivity index (χ1) is 9.06. The zero-order valence-corrected chi connectivity index (χ0v) is 10.8. The van der Waals surface area contributed by atoms with Crippen molar-refractivity contribution >= 4 is 17.8 Å². The van der Waals surface area contributed by atoms with E-state index in [0.717, 1.165) is 0 Å². The van der Waals surface area contributed by atoms with Crippen molar-refractivity contribution in [1.29, 1.82) is 0 Å². The fourth-order valence-corrected chi connectivity index (χ4v) is 2.49. The minimum Gasteiger partial charge on any atom is -0.481 e. The minimum atomic E-state index is -0.778. The first kappa shape index (κ1) is 13.8. The molecule has 7 nitrogen and oxygen atoms in total. The van der Waals surface area contributed by atoms with Gasteiger partial charge < -0.3 is 15.3 Å². The molecule has 0 saturated carbocycles. The zero-order valence-electron chi connectivity index (χ0n) is 10.8. The summed E-state index contributed by atoms with van der Waals surface area (Å²) in [6.45, 7) is 2.75. The molecule has 7 heteroatoms. The molecule has 2 aliphatic heterocycles. The number of carbonyl (C=O) groups excluding carboxylic acids is 2. The lowest BCUT2D eigenvalue weighted by atomic mass is 9.97. The lowest BCUT2D eigenvalue weighted by Gasteiger charge is -2.33. The van der Waals surface area contributed by atoms with Crippen LogP contribution in [0.1, 0.15) is 12.8 Å². The van der Waals surface area contributed by atoms with Gasteiger partial charge in [-0.2, -0.15) is 0 Å². The molecule has 0 spiro atoms. The van der Waals surface area contributed by atoms with Gasteiger partial charge in [0.25, 0.3) is 0 Å². The Hall–Kier alpha value is -1.63. The molecule has 0 aromatic carbocycles. The van der Waals surface area contributed by atoms with Gasteiger partial charge in [0.1, 0.15) is 0 Å². The third-order valence-electron chi connectivity index (χ3n) is 3.67. The van der Waals surface area contributed by atoms with Gasteiger partial charge in [-0.1, -0.05) is 0 Å². The molecular formula is C12H19N3O4. The maximum absolute atomic E-state index is 12.1. The van der Waals surface area contributed by atoms with Gasteiger partial charge in [0.05, 0.1) is 19.0 Å². The van der Waals surface area contributed by atoms with Crippen LogP contribution in [-0.4, -0.2) is 72.0 Å². The largest absolute Gasteiger partial charge is 0.481 e. The molecule has 2 fully saturated rings. The van der Waals surface area contributed by atoms with E-state index < -0.39 is 5.97 Å². The van der Waals surface area contributed by atoms with Crippen molar-refractivity contribution in [2.45, 2.75) is 12.8 Å². The fraction of sp³-hybridized carbons (Fsp3) is 0.750. The Bertz CT molecular complexity index is 377. The molecule has 2 N–H and O–H groups in total. The monoisotopic (exact) mass is 269 g/mol. The third-order valence-corrected chi connectivity index (χ3v) is 3.67. The number of aliphatic carboxylic acids is 1. The first-order valence-electron chi connectivity index (χ1n) is 6.56. The Labute approximate surface area is 111 Å². The van der Waals surface area contributed by atoms with E-state index in [9.17, 15) is 14.4 Å². The van der Waals surface area contributed by atoms with Crippen LogP contribution in [-0.2, 0) is 14.4 Å². The van der Waals surface area contributed by atoms with Crippen molar-refractivity contribution in [3.63, 3.8) is 0 Å². The van der Waals surface area contributed by atoms with E-state index in [1.165, 1.54) is 0 Å². The van der Waals surface area contributed by atoms with Crippen LogP contribution in [0.5, 0.6) is 0 Å². The summed E-state index contributed by atoms with van der Waals surface area (Å²) in [5, 5.41) is 11.6. The maximum atomic E-state index is 12.1. The quantitative estimate of drug-likeness (QED) is 0.667. The number of piperidine rings is 1. The van der Waals surface area contributed by atoms with Gasteiger partial charge in [0, 0.05) is 26.2 Å². The molecule has 0 aliphatic carbocycles. The Kier molecular flexibility index (Phi) is 4.36. The highest BCUT2D eigenvalue weighted by molar-refractivity contribution is 5.82. The molecule has 0 unspecified atom stereocenters. The number of nitrogens with zero attached hydrogens (tertiary/aromatic N) is 2. The average Bonchev–Trinajstić information content (AvgIpc) is 2.39. The van der Waals surface area contributed by atoms with Crippen LogP contribution in [0.2, 0.25) is 0 Å². The molecule has 2 amide bonds. The van der Waals surface area contributed by atoms with Gasteiger partial charge >= 0.3 is 5.97 Å². The lowest BCUT2D eigenvalue weighted by molar-refractivity contribution is -0.146. The van der Waals surface area contributed by atoms with E-state index >= 15 is 0 Å². The van der Waals surface area contributed by atoms with Crippen molar-refractivity contribution in [2.75, 3.05) is 39.3 Å². The third kappa shape index (κ3) is 3.66. The number of amides is 2. The number of carboxylic acid groups (broad SMARTS) is 1. The number of likely N-dealkylation sites (tertiary alicyclic amines) is 1. The van der Waals surface area contributed by atoms with Gasteiger partial charge in [-0.3, -0.25) is 19.3 Å². The van der Waals surface area contributed by atoms with Gasteiger partial charge in [-0.25, -0.2) is 0 Å². The molecule has 2 heterocycles. The van der Waals surface area contributed by atoms with Crippen LogP contribution in [0.15, 0.2) is 0 Å². The molecule has 2 aliphatic rings. The van der Waals surface area contributed by atoms with Crippen LogP contribution in [0.25, 0.3) is 0 Å². The SMILES string of the molecule is O=C1CN(CC(=O)N2CCC(C(=O)O)CC2)CCN1. The molecule has 2 rings (SSSR count). The Balaban J connectivity index is 1.78. The van der Waals surface area contributed by atoms with E-state index in [1.807, 2.05) is 4.90 Å². The predicted molar refractivity (Wildman–Crippen MR) is 66.4 cm³/mol. The minimum absolute atomic E-state index is 0.0152. The second kappa shape index (κ2) is 6.01. The molecule has 2 saturated heterocycles. The molecule has 19 heavy (non-hydrogen) atoms. The normalized spacial score (nSPS) is 22.1. The predicted octanol–water partition coefficient (Wildman–Crippen LogP) is -1.26. The highest BCUT2D eigenvalue weighted by Crippen LogP contribution is 2.17. The number of carbonyl (C=O) groups is 3. The molecule has 0 aromatic rings. The molecule has 0 bridgehead atoms. The maximum Gasteiger partial charge on any atom is 0.306 e.